The number of ether oxygens (including phenoxy) is 1. The smallest absolute Gasteiger partial charge is 0.303 e. The van der Waals surface area contributed by atoms with Crippen LogP contribution in [0.25, 0.3) is 0 Å². The summed E-state index contributed by atoms with van der Waals surface area (Å²) in [6.45, 7) is 3.11. The number of aliphatic carboxylic acids is 1. The van der Waals surface area contributed by atoms with Crippen molar-refractivity contribution in [1.29, 1.82) is 0 Å². The zero-order chi connectivity index (χ0) is 26.9. The van der Waals surface area contributed by atoms with Crippen LogP contribution in [0, 0.1) is 5.82 Å². The van der Waals surface area contributed by atoms with E-state index in [9.17, 15) is 14.3 Å². The summed E-state index contributed by atoms with van der Waals surface area (Å²) < 4.78 is 19.7. The van der Waals surface area contributed by atoms with Crippen LogP contribution < -0.4 is 9.64 Å². The molecule has 0 aliphatic carbocycles. The number of anilines is 1. The highest BCUT2D eigenvalue weighted by atomic mass is 35.5. The Hall–Kier alpha value is -3.13. The van der Waals surface area contributed by atoms with Gasteiger partial charge in [-0.2, -0.15) is 0 Å². The van der Waals surface area contributed by atoms with Crippen molar-refractivity contribution in [3.8, 4) is 5.75 Å². The maximum Gasteiger partial charge on any atom is 0.303 e. The van der Waals surface area contributed by atoms with E-state index in [1.54, 1.807) is 0 Å². The van der Waals surface area contributed by atoms with Gasteiger partial charge in [-0.15, -0.1) is 0 Å². The van der Waals surface area contributed by atoms with Gasteiger partial charge in [0, 0.05) is 55.4 Å². The molecule has 0 amide bonds. The van der Waals surface area contributed by atoms with E-state index in [1.807, 2.05) is 42.5 Å². The Morgan fingerprint density at radius 2 is 1.79 bits per heavy atom. The number of hydrogen-bond donors (Lipinski definition) is 2. The van der Waals surface area contributed by atoms with Gasteiger partial charge >= 0.3 is 5.97 Å². The standard InChI is InChI=1S/C30H34ClFN2O4/c31-24-10-6-22(7-11-24)19-33-16-14-27(15-17-33)34(26-4-2-1-3-5-26)20-28(35)21-38-29-18-25(32)12-8-23(29)9-13-30(36)37/h1-8,10-12,18,27-28,35H,9,13-17,19-21H2,(H,36,37)/t28-/m0/s1. The lowest BCUT2D eigenvalue weighted by Gasteiger charge is -2.40. The molecule has 4 rings (SSSR count). The first-order chi connectivity index (χ1) is 18.4. The topological polar surface area (TPSA) is 73.2 Å². The molecule has 1 saturated heterocycles. The SMILES string of the molecule is O=C(O)CCc1ccc(F)cc1OC[C@@H](O)CN(c1ccccc1)C1CCN(Cc2ccc(Cl)cc2)CC1. The van der Waals surface area contributed by atoms with E-state index in [-0.39, 0.29) is 31.2 Å². The van der Waals surface area contributed by atoms with Gasteiger partial charge in [0.25, 0.3) is 0 Å². The van der Waals surface area contributed by atoms with Gasteiger partial charge in [-0.25, -0.2) is 4.39 Å². The zero-order valence-corrected chi connectivity index (χ0v) is 22.1. The van der Waals surface area contributed by atoms with Crippen LogP contribution in [0.1, 0.15) is 30.4 Å². The van der Waals surface area contributed by atoms with E-state index in [4.69, 9.17) is 21.4 Å². The van der Waals surface area contributed by atoms with Crippen LogP contribution in [0.4, 0.5) is 10.1 Å². The van der Waals surface area contributed by atoms with Crippen LogP contribution in [-0.4, -0.2) is 59.5 Å². The Balaban J connectivity index is 1.37. The number of aliphatic hydroxyl groups is 1. The van der Waals surface area contributed by atoms with Crippen molar-refractivity contribution in [2.45, 2.75) is 44.4 Å². The molecular formula is C30H34ClFN2O4. The highest BCUT2D eigenvalue weighted by molar-refractivity contribution is 6.30. The van der Waals surface area contributed by atoms with Gasteiger partial charge in [0.15, 0.2) is 0 Å². The van der Waals surface area contributed by atoms with Crippen LogP contribution in [0.5, 0.6) is 5.75 Å². The van der Waals surface area contributed by atoms with Crippen LogP contribution >= 0.6 is 11.6 Å². The van der Waals surface area contributed by atoms with E-state index < -0.39 is 17.9 Å². The van der Waals surface area contributed by atoms with Crippen molar-refractivity contribution >= 4 is 23.3 Å². The molecule has 6 nitrogen and oxygen atoms in total. The minimum atomic E-state index is -0.932. The third kappa shape index (κ3) is 8.18. The Morgan fingerprint density at radius 3 is 2.47 bits per heavy atom. The second kappa shape index (κ2) is 13.6. The molecule has 3 aromatic carbocycles. The minimum absolute atomic E-state index is 0.0255. The number of hydrogen-bond acceptors (Lipinski definition) is 5. The van der Waals surface area contributed by atoms with Gasteiger partial charge in [0.1, 0.15) is 24.3 Å². The molecule has 1 atom stereocenters. The number of likely N-dealkylation sites (tertiary alicyclic amines) is 1. The summed E-state index contributed by atoms with van der Waals surface area (Å²) in [5.74, 6) is -1.13. The van der Waals surface area contributed by atoms with Crippen LogP contribution in [0.2, 0.25) is 5.02 Å². The number of para-hydroxylation sites is 1. The van der Waals surface area contributed by atoms with Gasteiger partial charge in [-0.3, -0.25) is 9.69 Å². The van der Waals surface area contributed by atoms with Gasteiger partial charge in [-0.1, -0.05) is 48.0 Å². The van der Waals surface area contributed by atoms with Gasteiger partial charge < -0.3 is 19.8 Å². The fraction of sp³-hybridized carbons (Fsp3) is 0.367. The molecule has 1 heterocycles. The number of piperidine rings is 1. The second-order valence-corrected chi connectivity index (χ2v) is 10.2. The number of halogens is 2. The number of nitrogens with zero attached hydrogens (tertiary/aromatic N) is 2. The van der Waals surface area contributed by atoms with E-state index >= 15 is 0 Å². The molecule has 0 bridgehead atoms. The van der Waals surface area contributed by atoms with Crippen LogP contribution in [0.3, 0.4) is 0 Å². The predicted molar refractivity (Wildman–Crippen MR) is 147 cm³/mol. The lowest BCUT2D eigenvalue weighted by Crippen LogP contribution is -2.48. The van der Waals surface area contributed by atoms with Crippen LogP contribution in [-0.2, 0) is 17.8 Å². The summed E-state index contributed by atoms with van der Waals surface area (Å²) in [7, 11) is 0. The largest absolute Gasteiger partial charge is 0.490 e. The summed E-state index contributed by atoms with van der Waals surface area (Å²) in [5.41, 5.74) is 2.88. The van der Waals surface area contributed by atoms with Crippen molar-refractivity contribution in [2.75, 3.05) is 31.1 Å². The Kier molecular flexibility index (Phi) is 9.98. The fourth-order valence-corrected chi connectivity index (χ4v) is 5.02. The average Bonchev–Trinajstić information content (AvgIpc) is 2.92. The number of carboxylic acids is 1. The lowest BCUT2D eigenvalue weighted by molar-refractivity contribution is -0.136. The fourth-order valence-electron chi connectivity index (χ4n) is 4.90. The van der Waals surface area contributed by atoms with Crippen molar-refractivity contribution in [3.63, 3.8) is 0 Å². The number of carbonyl (C=O) groups is 1. The number of rotatable bonds is 12. The molecule has 1 aliphatic heterocycles. The molecule has 0 radical (unpaired) electrons. The molecular weight excluding hydrogens is 507 g/mol. The third-order valence-corrected chi connectivity index (χ3v) is 7.13. The average molecular weight is 541 g/mol. The molecule has 0 unspecified atom stereocenters. The summed E-state index contributed by atoms with van der Waals surface area (Å²) in [6.07, 6.45) is 1.24. The summed E-state index contributed by atoms with van der Waals surface area (Å²) in [4.78, 5) is 15.7. The number of carboxylic acid groups (broad SMARTS) is 1. The predicted octanol–water partition coefficient (Wildman–Crippen LogP) is 5.41. The van der Waals surface area contributed by atoms with E-state index in [0.717, 1.165) is 43.2 Å². The lowest BCUT2D eigenvalue weighted by atomic mass is 10.0. The van der Waals surface area contributed by atoms with E-state index in [0.29, 0.717) is 12.1 Å². The first kappa shape index (κ1) is 27.9. The Morgan fingerprint density at radius 1 is 1.08 bits per heavy atom. The minimum Gasteiger partial charge on any atom is -0.490 e. The van der Waals surface area contributed by atoms with E-state index in [1.165, 1.54) is 23.8 Å². The van der Waals surface area contributed by atoms with Gasteiger partial charge in [0.2, 0.25) is 0 Å². The molecule has 1 aliphatic rings. The first-order valence-corrected chi connectivity index (χ1v) is 13.3. The van der Waals surface area contributed by atoms with Gasteiger partial charge in [-0.05, 0) is 60.7 Å². The Labute approximate surface area is 228 Å². The normalized spacial score (nSPS) is 15.2. The van der Waals surface area contributed by atoms with Crippen LogP contribution in [0.15, 0.2) is 72.8 Å². The molecule has 3 aromatic rings. The summed E-state index contributed by atoms with van der Waals surface area (Å²) in [5, 5.41) is 20.7. The molecule has 8 heteroatoms. The second-order valence-electron chi connectivity index (χ2n) is 9.73. The van der Waals surface area contributed by atoms with Crippen molar-refractivity contribution in [2.24, 2.45) is 0 Å². The zero-order valence-electron chi connectivity index (χ0n) is 21.3. The maximum absolute atomic E-state index is 13.9. The molecule has 0 spiro atoms. The molecule has 1 fully saturated rings. The highest BCUT2D eigenvalue weighted by Gasteiger charge is 2.27. The number of aryl methyl sites for hydroxylation is 1. The molecule has 2 N–H and O–H groups in total. The molecule has 202 valence electrons. The van der Waals surface area contributed by atoms with Crippen molar-refractivity contribution < 1.29 is 24.1 Å². The Bertz CT molecular complexity index is 1170. The van der Waals surface area contributed by atoms with Crippen molar-refractivity contribution in [1.82, 2.24) is 4.90 Å². The highest BCUT2D eigenvalue weighted by Crippen LogP contribution is 2.26. The number of benzene rings is 3. The van der Waals surface area contributed by atoms with Crippen molar-refractivity contribution in [3.05, 3.63) is 94.8 Å². The molecule has 38 heavy (non-hydrogen) atoms. The maximum atomic E-state index is 13.9. The molecule has 0 aromatic heterocycles. The quantitative estimate of drug-likeness (QED) is 0.320. The third-order valence-electron chi connectivity index (χ3n) is 6.88. The van der Waals surface area contributed by atoms with E-state index in [2.05, 4.69) is 21.9 Å². The number of aliphatic hydroxyl groups excluding tert-OH is 1. The summed E-state index contributed by atoms with van der Waals surface area (Å²) >= 11 is 6.02. The van der Waals surface area contributed by atoms with Gasteiger partial charge in [0.05, 0.1) is 0 Å². The summed E-state index contributed by atoms with van der Waals surface area (Å²) in [6, 6.07) is 22.3. The first-order valence-electron chi connectivity index (χ1n) is 13.0. The molecule has 0 saturated carbocycles. The monoisotopic (exact) mass is 540 g/mol.